The summed E-state index contributed by atoms with van der Waals surface area (Å²) in [4.78, 5) is 0. The van der Waals surface area contributed by atoms with E-state index in [1.54, 1.807) is 6.07 Å². The molecule has 2 N–H and O–H groups in total. The number of nitrogens with two attached hydrogens (primary N) is 1. The minimum Gasteiger partial charge on any atom is -0.373 e. The third-order valence-corrected chi connectivity index (χ3v) is 3.72. The van der Waals surface area contributed by atoms with Gasteiger partial charge in [-0.25, -0.2) is 4.39 Å². The van der Waals surface area contributed by atoms with Crippen molar-refractivity contribution in [3.8, 4) is 0 Å². The molecule has 17 heavy (non-hydrogen) atoms. The second-order valence-corrected chi connectivity index (χ2v) is 4.92. The van der Waals surface area contributed by atoms with E-state index in [2.05, 4.69) is 0 Å². The Morgan fingerprint density at radius 1 is 1.41 bits per heavy atom. The van der Waals surface area contributed by atoms with Crippen molar-refractivity contribution in [2.24, 2.45) is 11.7 Å². The normalized spacial score (nSPS) is 24.2. The Kier molecular flexibility index (Phi) is 4.37. The summed E-state index contributed by atoms with van der Waals surface area (Å²) in [5, 5.41) is 0.550. The molecule has 1 aromatic carbocycles. The smallest absolute Gasteiger partial charge is 0.123 e. The number of rotatable bonds is 4. The molecule has 0 aromatic heterocycles. The second kappa shape index (κ2) is 5.80. The lowest BCUT2D eigenvalue weighted by molar-refractivity contribution is 0.0182. The van der Waals surface area contributed by atoms with Gasteiger partial charge in [-0.05, 0) is 49.1 Å². The van der Waals surface area contributed by atoms with Gasteiger partial charge in [0.25, 0.3) is 0 Å². The summed E-state index contributed by atoms with van der Waals surface area (Å²) < 4.78 is 18.9. The lowest BCUT2D eigenvalue weighted by Gasteiger charge is -2.19. The first-order chi connectivity index (χ1) is 8.20. The van der Waals surface area contributed by atoms with Crippen LogP contribution in [0.3, 0.4) is 0 Å². The Balaban J connectivity index is 1.95. The molecule has 1 fully saturated rings. The van der Waals surface area contributed by atoms with E-state index in [1.807, 2.05) is 0 Å². The monoisotopic (exact) mass is 257 g/mol. The third-order valence-electron chi connectivity index (χ3n) is 3.35. The lowest BCUT2D eigenvalue weighted by atomic mass is 10.1. The van der Waals surface area contributed by atoms with E-state index in [-0.39, 0.29) is 11.9 Å². The molecule has 4 heteroatoms. The van der Waals surface area contributed by atoms with Crippen LogP contribution >= 0.6 is 11.6 Å². The van der Waals surface area contributed by atoms with E-state index in [9.17, 15) is 4.39 Å². The largest absolute Gasteiger partial charge is 0.373 e. The summed E-state index contributed by atoms with van der Waals surface area (Å²) in [7, 11) is 0. The molecule has 0 radical (unpaired) electrons. The number of halogens is 2. The average molecular weight is 258 g/mol. The maximum absolute atomic E-state index is 13.1. The van der Waals surface area contributed by atoms with E-state index < -0.39 is 0 Å². The Morgan fingerprint density at radius 3 is 3.00 bits per heavy atom. The molecule has 1 aliphatic rings. The summed E-state index contributed by atoms with van der Waals surface area (Å²) in [6.45, 7) is 1.01. The summed E-state index contributed by atoms with van der Waals surface area (Å²) in [6.07, 6.45) is 3.51. The first-order valence-corrected chi connectivity index (χ1v) is 6.34. The molecule has 0 aliphatic heterocycles. The Bertz CT molecular complexity index is 386. The maximum Gasteiger partial charge on any atom is 0.123 e. The fourth-order valence-electron chi connectivity index (χ4n) is 2.34. The van der Waals surface area contributed by atoms with Gasteiger partial charge in [0, 0.05) is 5.02 Å². The molecule has 1 saturated carbocycles. The van der Waals surface area contributed by atoms with Gasteiger partial charge in [-0.15, -0.1) is 0 Å². The number of ether oxygens (including phenoxy) is 1. The minimum absolute atomic E-state index is 0.194. The van der Waals surface area contributed by atoms with Crippen molar-refractivity contribution in [2.45, 2.75) is 32.0 Å². The second-order valence-electron chi connectivity index (χ2n) is 4.51. The zero-order valence-electron chi connectivity index (χ0n) is 9.66. The average Bonchev–Trinajstić information content (AvgIpc) is 2.77. The molecule has 0 amide bonds. The molecule has 2 nitrogen and oxygen atoms in total. The van der Waals surface area contributed by atoms with Gasteiger partial charge in [-0.1, -0.05) is 18.0 Å². The van der Waals surface area contributed by atoms with Crippen molar-refractivity contribution in [3.05, 3.63) is 34.6 Å². The summed E-state index contributed by atoms with van der Waals surface area (Å²) >= 11 is 5.98. The fraction of sp³-hybridized carbons (Fsp3) is 0.538. The quantitative estimate of drug-likeness (QED) is 0.900. The van der Waals surface area contributed by atoms with Crippen LogP contribution in [0.1, 0.15) is 24.8 Å². The third kappa shape index (κ3) is 3.18. The SMILES string of the molecule is NCC1CCCC1OCc1cc(F)ccc1Cl. The van der Waals surface area contributed by atoms with Crippen molar-refractivity contribution < 1.29 is 9.13 Å². The number of hydrogen-bond acceptors (Lipinski definition) is 2. The zero-order valence-corrected chi connectivity index (χ0v) is 10.4. The number of benzene rings is 1. The molecule has 2 rings (SSSR count). The minimum atomic E-state index is -0.283. The van der Waals surface area contributed by atoms with E-state index in [1.165, 1.54) is 12.1 Å². The van der Waals surface area contributed by atoms with E-state index in [0.717, 1.165) is 19.3 Å². The lowest BCUT2D eigenvalue weighted by Crippen LogP contribution is -2.25. The first kappa shape index (κ1) is 12.8. The van der Waals surface area contributed by atoms with Gasteiger partial charge in [0.1, 0.15) is 5.82 Å². The predicted octanol–water partition coefficient (Wildman–Crippen LogP) is 3.12. The maximum atomic E-state index is 13.1. The standard InChI is InChI=1S/C13H17ClFNO/c14-12-5-4-11(15)6-10(12)8-17-13-3-1-2-9(13)7-16/h4-6,9,13H,1-3,7-8,16H2. The zero-order chi connectivity index (χ0) is 12.3. The molecule has 2 unspecified atom stereocenters. The van der Waals surface area contributed by atoms with Crippen LogP contribution in [0.25, 0.3) is 0 Å². The highest BCUT2D eigenvalue weighted by atomic mass is 35.5. The van der Waals surface area contributed by atoms with E-state index in [0.29, 0.717) is 29.7 Å². The molecule has 94 valence electrons. The molecule has 1 aliphatic carbocycles. The van der Waals surface area contributed by atoms with E-state index in [4.69, 9.17) is 22.1 Å². The van der Waals surface area contributed by atoms with Crippen molar-refractivity contribution in [3.63, 3.8) is 0 Å². The summed E-state index contributed by atoms with van der Waals surface area (Å²) in [6, 6.07) is 4.34. The van der Waals surface area contributed by atoms with Crippen molar-refractivity contribution in [1.82, 2.24) is 0 Å². The highest BCUT2D eigenvalue weighted by Gasteiger charge is 2.26. The highest BCUT2D eigenvalue weighted by Crippen LogP contribution is 2.29. The molecule has 1 aromatic rings. The molecule has 0 saturated heterocycles. The molecule has 0 heterocycles. The molecular weight excluding hydrogens is 241 g/mol. The Hall–Kier alpha value is -0.640. The van der Waals surface area contributed by atoms with Crippen LogP contribution in [-0.2, 0) is 11.3 Å². The van der Waals surface area contributed by atoms with Gasteiger partial charge < -0.3 is 10.5 Å². The number of hydrogen-bond donors (Lipinski definition) is 1. The van der Waals surface area contributed by atoms with Crippen LogP contribution in [0.15, 0.2) is 18.2 Å². The van der Waals surface area contributed by atoms with Crippen LogP contribution in [0.4, 0.5) is 4.39 Å². The highest BCUT2D eigenvalue weighted by molar-refractivity contribution is 6.31. The molecule has 0 spiro atoms. The van der Waals surface area contributed by atoms with Gasteiger partial charge >= 0.3 is 0 Å². The Morgan fingerprint density at radius 2 is 2.24 bits per heavy atom. The van der Waals surface area contributed by atoms with Crippen LogP contribution in [0.2, 0.25) is 5.02 Å². The molecular formula is C13H17ClFNO. The predicted molar refractivity (Wildman–Crippen MR) is 66.4 cm³/mol. The van der Waals surface area contributed by atoms with Crippen molar-refractivity contribution >= 4 is 11.6 Å². The summed E-state index contributed by atoms with van der Waals surface area (Å²) in [5.41, 5.74) is 6.38. The van der Waals surface area contributed by atoms with Gasteiger partial charge in [0.15, 0.2) is 0 Å². The van der Waals surface area contributed by atoms with Crippen LogP contribution in [0, 0.1) is 11.7 Å². The van der Waals surface area contributed by atoms with Crippen molar-refractivity contribution in [1.29, 1.82) is 0 Å². The topological polar surface area (TPSA) is 35.2 Å². The van der Waals surface area contributed by atoms with Crippen LogP contribution in [0.5, 0.6) is 0 Å². The van der Waals surface area contributed by atoms with Gasteiger partial charge in [0.2, 0.25) is 0 Å². The van der Waals surface area contributed by atoms with Gasteiger partial charge in [-0.2, -0.15) is 0 Å². The Labute approximate surface area is 106 Å². The summed E-state index contributed by atoms with van der Waals surface area (Å²) in [5.74, 6) is 0.150. The molecule has 2 atom stereocenters. The van der Waals surface area contributed by atoms with Gasteiger partial charge in [0.05, 0.1) is 12.7 Å². The van der Waals surface area contributed by atoms with Crippen LogP contribution < -0.4 is 5.73 Å². The fourth-order valence-corrected chi connectivity index (χ4v) is 2.51. The van der Waals surface area contributed by atoms with Crippen LogP contribution in [-0.4, -0.2) is 12.6 Å². The molecule has 0 bridgehead atoms. The van der Waals surface area contributed by atoms with E-state index >= 15 is 0 Å². The first-order valence-electron chi connectivity index (χ1n) is 5.96. The van der Waals surface area contributed by atoms with Gasteiger partial charge in [-0.3, -0.25) is 0 Å². The van der Waals surface area contributed by atoms with Crippen molar-refractivity contribution in [2.75, 3.05) is 6.54 Å².